The molecule has 0 radical (unpaired) electrons. The van der Waals surface area contributed by atoms with Crippen LogP contribution >= 0.6 is 23.5 Å². The van der Waals surface area contributed by atoms with Crippen molar-refractivity contribution in [3.05, 3.63) is 29.8 Å². The molecule has 1 aromatic carbocycles. The number of aliphatic imine (C=N–C) groups is 2. The fraction of sp³-hybridized carbons (Fsp3) is 0.656. The molecule has 0 bridgehead atoms. The van der Waals surface area contributed by atoms with Gasteiger partial charge in [-0.05, 0) is 38.5 Å². The van der Waals surface area contributed by atoms with Gasteiger partial charge in [0.25, 0.3) is 0 Å². The third kappa shape index (κ3) is 9.20. The van der Waals surface area contributed by atoms with E-state index in [4.69, 9.17) is 33.4 Å². The SMILES string of the molecule is CN=C1N[C@@H]2[C@@H](O)[C@H](O)[C@@H](C(=O)OC)O[C@@H]2S1.COC(=O)[C@H]1O[C@@H]2SC(N(C)C(=O)OC(C)(C)C)=N[C@@H]2[C@@H](OCc2ccc(OC)cc2)[C@@H]1C. The van der Waals surface area contributed by atoms with Crippen molar-refractivity contribution in [3.8, 4) is 5.75 Å². The summed E-state index contributed by atoms with van der Waals surface area (Å²) < 4.78 is 37.9. The molecule has 1 aromatic rings. The number of aliphatic hydroxyl groups excluding tert-OH is 2. The van der Waals surface area contributed by atoms with E-state index >= 15 is 0 Å². The van der Waals surface area contributed by atoms with Gasteiger partial charge in [-0.25, -0.2) is 14.4 Å². The quantitative estimate of drug-likeness (QED) is 0.282. The van der Waals surface area contributed by atoms with Crippen LogP contribution in [0.1, 0.15) is 33.3 Å². The third-order valence-corrected chi connectivity index (χ3v) is 10.5. The van der Waals surface area contributed by atoms with Crippen LogP contribution in [-0.2, 0) is 44.6 Å². The minimum atomic E-state index is -1.31. The first kappa shape index (κ1) is 39.7. The molecule has 3 saturated heterocycles. The summed E-state index contributed by atoms with van der Waals surface area (Å²) in [6.07, 6.45) is -5.32. The number of carbonyl (C=O) groups is 3. The van der Waals surface area contributed by atoms with Crippen LogP contribution in [0.25, 0.3) is 0 Å². The van der Waals surface area contributed by atoms with Crippen molar-refractivity contribution in [2.45, 2.75) is 93.4 Å². The number of nitrogens with zero attached hydrogens (tertiary/aromatic N) is 3. The molecule has 1 amide bonds. The average molecular weight is 743 g/mol. The van der Waals surface area contributed by atoms with Crippen LogP contribution in [0.5, 0.6) is 5.75 Å². The maximum Gasteiger partial charge on any atom is 0.416 e. The van der Waals surface area contributed by atoms with Crippen molar-refractivity contribution >= 4 is 51.9 Å². The Bertz CT molecular complexity index is 1420. The lowest BCUT2D eigenvalue weighted by molar-refractivity contribution is -0.189. The highest BCUT2D eigenvalue weighted by atomic mass is 32.2. The van der Waals surface area contributed by atoms with E-state index in [1.165, 1.54) is 42.6 Å². The molecular formula is C32H46N4O12S2. The zero-order valence-electron chi connectivity index (χ0n) is 29.4. The number of benzene rings is 1. The molecule has 4 heterocycles. The molecule has 10 atom stereocenters. The summed E-state index contributed by atoms with van der Waals surface area (Å²) in [5.74, 6) is -0.714. The van der Waals surface area contributed by atoms with Gasteiger partial charge < -0.3 is 48.7 Å². The average Bonchev–Trinajstić information content (AvgIpc) is 3.72. The maximum absolute atomic E-state index is 12.5. The molecule has 0 spiro atoms. The Hall–Kier alpha value is -3.13. The van der Waals surface area contributed by atoms with Crippen molar-refractivity contribution in [3.63, 3.8) is 0 Å². The number of thioether (sulfide) groups is 2. The molecule has 5 rings (SSSR count). The molecule has 4 aliphatic rings. The Labute approximate surface area is 299 Å². The molecule has 50 heavy (non-hydrogen) atoms. The van der Waals surface area contributed by atoms with Crippen molar-refractivity contribution in [1.82, 2.24) is 10.2 Å². The number of carbonyl (C=O) groups excluding carboxylic acids is 3. The number of rotatable bonds is 6. The van der Waals surface area contributed by atoms with Crippen LogP contribution < -0.4 is 10.1 Å². The van der Waals surface area contributed by atoms with Crippen molar-refractivity contribution in [2.24, 2.45) is 15.9 Å². The van der Waals surface area contributed by atoms with Crippen LogP contribution in [0.15, 0.2) is 34.3 Å². The molecule has 0 saturated carbocycles. The van der Waals surface area contributed by atoms with E-state index in [2.05, 4.69) is 15.0 Å². The lowest BCUT2D eigenvalue weighted by Crippen LogP contribution is -2.60. The second kappa shape index (κ2) is 16.9. The zero-order chi connectivity index (χ0) is 36.9. The molecule has 18 heteroatoms. The summed E-state index contributed by atoms with van der Waals surface area (Å²) >= 11 is 2.54. The van der Waals surface area contributed by atoms with Crippen LogP contribution in [0.4, 0.5) is 4.79 Å². The van der Waals surface area contributed by atoms with E-state index in [9.17, 15) is 24.6 Å². The van der Waals surface area contributed by atoms with E-state index in [0.717, 1.165) is 11.3 Å². The Kier molecular flexibility index (Phi) is 13.4. The lowest BCUT2D eigenvalue weighted by atomic mass is 9.90. The minimum absolute atomic E-state index is 0.313. The summed E-state index contributed by atoms with van der Waals surface area (Å²) in [5.41, 5.74) is -0.629. The standard InChI is InChI=1S/C23H32N2O7S.C9H14N2O5S/c1-13-17(30-12-14-8-10-15(28-6)11-9-14)16-20(31-18(13)19(26)29-7)33-21(24-16)25(5)22(27)32-23(2,3)4;1-10-9-11-3-4(12)5(13)6(7(14)15-2)16-8(3)17-9/h8-11,13,16-18,20H,12H2,1-7H3;3-6,8,12-13H,1-2H3,(H,10,11)/t13-,16+,17-,18-,20+;3-,4-,5+,6+,8-/m01/s1. The Balaban J connectivity index is 0.000000276. The molecule has 3 fully saturated rings. The Morgan fingerprint density at radius 1 is 0.980 bits per heavy atom. The molecule has 3 N–H and O–H groups in total. The molecular weight excluding hydrogens is 697 g/mol. The summed E-state index contributed by atoms with van der Waals surface area (Å²) in [7, 11) is 7.36. The molecule has 16 nitrogen and oxygen atoms in total. The normalized spacial score (nSPS) is 32.3. The second-order valence-electron chi connectivity index (χ2n) is 12.7. The molecule has 0 aliphatic carbocycles. The van der Waals surface area contributed by atoms with Crippen LogP contribution in [0, 0.1) is 5.92 Å². The number of nitrogens with one attached hydrogen (secondary N) is 1. The summed E-state index contributed by atoms with van der Waals surface area (Å²) in [5, 5.41) is 23.7. The predicted molar refractivity (Wildman–Crippen MR) is 185 cm³/mol. The highest BCUT2D eigenvalue weighted by Gasteiger charge is 2.53. The summed E-state index contributed by atoms with van der Waals surface area (Å²) in [6, 6.07) is 6.70. The predicted octanol–water partition coefficient (Wildman–Crippen LogP) is 1.75. The van der Waals surface area contributed by atoms with Gasteiger partial charge >= 0.3 is 18.0 Å². The fourth-order valence-corrected chi connectivity index (χ4v) is 7.67. The molecule has 0 unspecified atom stereocenters. The number of hydrogen-bond donors (Lipinski definition) is 3. The highest BCUT2D eigenvalue weighted by molar-refractivity contribution is 8.14. The number of fused-ring (bicyclic) bond motifs is 2. The second-order valence-corrected chi connectivity index (χ2v) is 14.9. The number of amidine groups is 2. The zero-order valence-corrected chi connectivity index (χ0v) is 31.1. The molecule has 0 aromatic heterocycles. The third-order valence-electron chi connectivity index (χ3n) is 8.12. The van der Waals surface area contributed by atoms with Gasteiger partial charge in [0.15, 0.2) is 22.5 Å². The van der Waals surface area contributed by atoms with Gasteiger partial charge in [0, 0.05) is 20.0 Å². The Morgan fingerprint density at radius 3 is 2.18 bits per heavy atom. The van der Waals surface area contributed by atoms with Crippen LogP contribution in [-0.4, -0.2) is 138 Å². The number of ether oxygens (including phenoxy) is 7. The monoisotopic (exact) mass is 742 g/mol. The van der Waals surface area contributed by atoms with Crippen molar-refractivity contribution in [1.29, 1.82) is 0 Å². The van der Waals surface area contributed by atoms with Crippen LogP contribution in [0.2, 0.25) is 0 Å². The molecule has 278 valence electrons. The lowest BCUT2D eigenvalue weighted by Gasteiger charge is -2.40. The highest BCUT2D eigenvalue weighted by Crippen LogP contribution is 2.41. The van der Waals surface area contributed by atoms with E-state index in [1.54, 1.807) is 42.0 Å². The first-order valence-electron chi connectivity index (χ1n) is 15.8. The number of hydrogen-bond acceptors (Lipinski definition) is 16. The van der Waals surface area contributed by atoms with Gasteiger partial charge in [0.05, 0.1) is 40.1 Å². The topological polar surface area (TPSA) is 196 Å². The number of esters is 2. The Morgan fingerprint density at radius 2 is 1.60 bits per heavy atom. The smallest absolute Gasteiger partial charge is 0.416 e. The van der Waals surface area contributed by atoms with Crippen molar-refractivity contribution in [2.75, 3.05) is 35.4 Å². The van der Waals surface area contributed by atoms with E-state index in [1.807, 2.05) is 31.2 Å². The van der Waals surface area contributed by atoms with Gasteiger partial charge in [-0.3, -0.25) is 14.9 Å². The first-order valence-corrected chi connectivity index (χ1v) is 17.6. The van der Waals surface area contributed by atoms with E-state index in [-0.39, 0.29) is 5.92 Å². The van der Waals surface area contributed by atoms with Gasteiger partial charge in [-0.1, -0.05) is 42.6 Å². The van der Waals surface area contributed by atoms with Gasteiger partial charge in [0.2, 0.25) is 0 Å². The van der Waals surface area contributed by atoms with E-state index < -0.39 is 77.1 Å². The summed E-state index contributed by atoms with van der Waals surface area (Å²) in [4.78, 5) is 46.3. The first-order chi connectivity index (χ1) is 23.6. The fourth-order valence-electron chi connectivity index (χ4n) is 5.44. The van der Waals surface area contributed by atoms with Gasteiger partial charge in [-0.15, -0.1) is 0 Å². The van der Waals surface area contributed by atoms with E-state index in [0.29, 0.717) is 16.9 Å². The minimum Gasteiger partial charge on any atom is -0.497 e. The number of amides is 1. The largest absolute Gasteiger partial charge is 0.497 e. The maximum atomic E-state index is 12.5. The van der Waals surface area contributed by atoms with Gasteiger partial charge in [-0.2, -0.15) is 0 Å². The van der Waals surface area contributed by atoms with Crippen LogP contribution in [0.3, 0.4) is 0 Å². The summed E-state index contributed by atoms with van der Waals surface area (Å²) in [6.45, 7) is 7.62. The number of methoxy groups -OCH3 is 3. The van der Waals surface area contributed by atoms with Crippen molar-refractivity contribution < 1.29 is 57.8 Å². The number of aliphatic hydroxyl groups is 2. The van der Waals surface area contributed by atoms with Gasteiger partial charge in [0.1, 0.15) is 40.5 Å². The molecule has 4 aliphatic heterocycles.